The molecule has 0 unspecified atom stereocenters. The van der Waals surface area contributed by atoms with Crippen molar-refractivity contribution in [1.29, 1.82) is 0 Å². The number of hydrogen-bond acceptors (Lipinski definition) is 10. The van der Waals surface area contributed by atoms with Gasteiger partial charge in [0.2, 0.25) is 27.9 Å². The van der Waals surface area contributed by atoms with Crippen LogP contribution in [-0.2, 0) is 10.0 Å². The minimum atomic E-state index is -3.82. The van der Waals surface area contributed by atoms with E-state index in [1.54, 1.807) is 23.0 Å². The summed E-state index contributed by atoms with van der Waals surface area (Å²) in [5.41, 5.74) is 7.61. The smallest absolute Gasteiger partial charge is 0.250 e. The summed E-state index contributed by atoms with van der Waals surface area (Å²) in [6.45, 7) is 0. The third-order valence-electron chi connectivity index (χ3n) is 6.28. The lowest BCUT2D eigenvalue weighted by Gasteiger charge is -2.10. The van der Waals surface area contributed by atoms with Crippen LogP contribution in [0, 0.1) is 0 Å². The molecule has 218 valence electrons. The van der Waals surface area contributed by atoms with Crippen LogP contribution in [0.3, 0.4) is 0 Å². The molecule has 12 nitrogen and oxygen atoms in total. The first kappa shape index (κ1) is 28.2. The molecule has 0 aliphatic carbocycles. The number of hydrogen-bond donors (Lipinski definition) is 4. The summed E-state index contributed by atoms with van der Waals surface area (Å²) in [7, 11) is -3.82. The van der Waals surface area contributed by atoms with Crippen LogP contribution in [0.15, 0.2) is 131 Å². The predicted molar refractivity (Wildman–Crippen MR) is 171 cm³/mol. The van der Waals surface area contributed by atoms with Gasteiger partial charge in [-0.15, -0.1) is 0 Å². The minimum absolute atomic E-state index is 0.00715. The van der Waals surface area contributed by atoms with E-state index in [1.807, 2.05) is 97.2 Å². The highest BCUT2D eigenvalue weighted by Gasteiger charge is 2.12. The van der Waals surface area contributed by atoms with E-state index < -0.39 is 10.0 Å². The standard InChI is InChI=1S/C31H26N10O2S/c32-44(42,43)27-18-16-25(17-19-27)35-30-36-29(34-24-12-6-2-7-13-24)37-31(38-30)39-33-20-23-21-41(26-14-8-3-9-15-26)40-28(23)22-10-4-1-5-11-22/h1-21H,(H2,32,42,43)(H3,34,35,36,37,38,39)/b33-20+. The van der Waals surface area contributed by atoms with Gasteiger partial charge in [-0.05, 0) is 48.5 Å². The number of nitrogens with two attached hydrogens (primary N) is 1. The maximum absolute atomic E-state index is 11.6. The highest BCUT2D eigenvalue weighted by Crippen LogP contribution is 2.23. The number of nitrogens with zero attached hydrogens (tertiary/aromatic N) is 6. The number of aromatic nitrogens is 5. The number of para-hydroxylation sites is 2. The van der Waals surface area contributed by atoms with Crippen LogP contribution in [0.2, 0.25) is 0 Å². The summed E-state index contributed by atoms with van der Waals surface area (Å²) in [6, 6.07) is 35.0. The van der Waals surface area contributed by atoms with E-state index >= 15 is 0 Å². The molecule has 0 radical (unpaired) electrons. The van der Waals surface area contributed by atoms with Gasteiger partial charge < -0.3 is 10.6 Å². The number of anilines is 5. The van der Waals surface area contributed by atoms with Gasteiger partial charge in [0.1, 0.15) is 5.69 Å². The van der Waals surface area contributed by atoms with E-state index in [-0.39, 0.29) is 22.7 Å². The van der Waals surface area contributed by atoms with Crippen molar-refractivity contribution in [3.8, 4) is 16.9 Å². The Labute approximate surface area is 253 Å². The first-order chi connectivity index (χ1) is 21.4. The number of hydrazone groups is 1. The molecule has 44 heavy (non-hydrogen) atoms. The Kier molecular flexibility index (Phi) is 8.03. The van der Waals surface area contributed by atoms with Gasteiger partial charge in [-0.2, -0.15) is 25.2 Å². The van der Waals surface area contributed by atoms with Gasteiger partial charge in [-0.25, -0.2) is 23.7 Å². The lowest BCUT2D eigenvalue weighted by Crippen LogP contribution is -2.12. The largest absolute Gasteiger partial charge is 0.324 e. The molecule has 0 fully saturated rings. The molecule has 6 aromatic rings. The zero-order valence-corrected chi connectivity index (χ0v) is 23.9. The lowest BCUT2D eigenvalue weighted by atomic mass is 10.1. The predicted octanol–water partition coefficient (Wildman–Crippen LogP) is 5.30. The summed E-state index contributed by atoms with van der Waals surface area (Å²) < 4.78 is 25.1. The Bertz CT molecular complexity index is 2000. The van der Waals surface area contributed by atoms with Crippen molar-refractivity contribution in [2.24, 2.45) is 10.2 Å². The third kappa shape index (κ3) is 6.92. The van der Waals surface area contributed by atoms with Crippen molar-refractivity contribution in [3.63, 3.8) is 0 Å². The first-order valence-electron chi connectivity index (χ1n) is 13.4. The number of nitrogens with one attached hydrogen (secondary N) is 3. The van der Waals surface area contributed by atoms with E-state index in [4.69, 9.17) is 10.2 Å². The zero-order chi connectivity index (χ0) is 30.4. The Morgan fingerprint density at radius 1 is 0.682 bits per heavy atom. The van der Waals surface area contributed by atoms with Crippen LogP contribution < -0.4 is 21.2 Å². The minimum Gasteiger partial charge on any atom is -0.324 e. The molecule has 6 rings (SSSR count). The third-order valence-corrected chi connectivity index (χ3v) is 7.21. The fraction of sp³-hybridized carbons (Fsp3) is 0. The number of rotatable bonds is 10. The zero-order valence-electron chi connectivity index (χ0n) is 23.1. The van der Waals surface area contributed by atoms with Crippen LogP contribution in [0.4, 0.5) is 29.2 Å². The van der Waals surface area contributed by atoms with Crippen molar-refractivity contribution in [1.82, 2.24) is 24.7 Å². The molecule has 0 saturated heterocycles. The Hall–Kier alpha value is -5.92. The summed E-state index contributed by atoms with van der Waals surface area (Å²) in [5.74, 6) is 0.617. The molecule has 0 amide bonds. The van der Waals surface area contributed by atoms with Gasteiger partial charge >= 0.3 is 0 Å². The summed E-state index contributed by atoms with van der Waals surface area (Å²) in [6.07, 6.45) is 3.55. The fourth-order valence-corrected chi connectivity index (χ4v) is 4.74. The number of primary sulfonamides is 1. The van der Waals surface area contributed by atoms with Crippen molar-refractivity contribution < 1.29 is 8.42 Å². The molecule has 2 heterocycles. The molecule has 0 spiro atoms. The molecule has 2 aromatic heterocycles. The molecule has 5 N–H and O–H groups in total. The normalized spacial score (nSPS) is 11.4. The van der Waals surface area contributed by atoms with Crippen molar-refractivity contribution in [2.45, 2.75) is 4.90 Å². The molecular weight excluding hydrogens is 576 g/mol. The molecule has 13 heteroatoms. The van der Waals surface area contributed by atoms with Gasteiger partial charge in [0.25, 0.3) is 0 Å². The van der Waals surface area contributed by atoms with Gasteiger partial charge in [0.05, 0.1) is 16.8 Å². The van der Waals surface area contributed by atoms with Crippen LogP contribution >= 0.6 is 0 Å². The molecule has 4 aromatic carbocycles. The van der Waals surface area contributed by atoms with Gasteiger partial charge in [0, 0.05) is 28.7 Å². The second-order valence-electron chi connectivity index (χ2n) is 9.44. The van der Waals surface area contributed by atoms with Crippen LogP contribution in [0.25, 0.3) is 16.9 Å². The monoisotopic (exact) mass is 602 g/mol. The molecule has 0 aliphatic heterocycles. The Morgan fingerprint density at radius 3 is 1.84 bits per heavy atom. The maximum atomic E-state index is 11.6. The van der Waals surface area contributed by atoms with Crippen LogP contribution in [0.5, 0.6) is 0 Å². The van der Waals surface area contributed by atoms with E-state index in [9.17, 15) is 8.42 Å². The average Bonchev–Trinajstić information content (AvgIpc) is 3.46. The molecule has 0 bridgehead atoms. The SMILES string of the molecule is NS(=O)(=O)c1ccc(Nc2nc(N/N=C/c3cn(-c4ccccc4)nc3-c3ccccc3)nc(Nc3ccccc3)n2)cc1. The van der Waals surface area contributed by atoms with Gasteiger partial charge in [-0.1, -0.05) is 66.7 Å². The highest BCUT2D eigenvalue weighted by molar-refractivity contribution is 7.89. The number of sulfonamides is 1. The van der Waals surface area contributed by atoms with Gasteiger partial charge in [0.15, 0.2) is 0 Å². The molecule has 0 aliphatic rings. The summed E-state index contributed by atoms with van der Waals surface area (Å²) >= 11 is 0. The second-order valence-corrected chi connectivity index (χ2v) is 11.0. The van der Waals surface area contributed by atoms with Crippen LogP contribution in [0.1, 0.15) is 5.56 Å². The Balaban J connectivity index is 1.29. The van der Waals surface area contributed by atoms with Crippen molar-refractivity contribution in [3.05, 3.63) is 127 Å². The van der Waals surface area contributed by atoms with E-state index in [0.29, 0.717) is 5.69 Å². The van der Waals surface area contributed by atoms with E-state index in [2.05, 4.69) is 36.1 Å². The van der Waals surface area contributed by atoms with Gasteiger partial charge in [-0.3, -0.25) is 0 Å². The average molecular weight is 603 g/mol. The summed E-state index contributed by atoms with van der Waals surface area (Å²) in [5, 5.41) is 20.7. The molecule has 0 atom stereocenters. The number of benzene rings is 4. The Morgan fingerprint density at radius 2 is 1.23 bits per heavy atom. The topological polar surface area (TPSA) is 165 Å². The summed E-state index contributed by atoms with van der Waals surface area (Å²) in [4.78, 5) is 13.4. The second kappa shape index (κ2) is 12.5. The maximum Gasteiger partial charge on any atom is 0.250 e. The molecular formula is C31H26N10O2S. The van der Waals surface area contributed by atoms with Crippen LogP contribution in [-0.4, -0.2) is 39.4 Å². The van der Waals surface area contributed by atoms with Crippen molar-refractivity contribution in [2.75, 3.05) is 16.1 Å². The molecule has 0 saturated carbocycles. The lowest BCUT2D eigenvalue weighted by molar-refractivity contribution is 0.598. The quantitative estimate of drug-likeness (QED) is 0.120. The van der Waals surface area contributed by atoms with E-state index in [0.717, 1.165) is 28.2 Å². The fourth-order valence-electron chi connectivity index (χ4n) is 4.22. The van der Waals surface area contributed by atoms with Crippen molar-refractivity contribution >= 4 is 45.5 Å². The highest BCUT2D eigenvalue weighted by atomic mass is 32.2. The van der Waals surface area contributed by atoms with E-state index in [1.165, 1.54) is 12.1 Å². The first-order valence-corrected chi connectivity index (χ1v) is 14.9.